The zero-order valence-corrected chi connectivity index (χ0v) is 17.6. The molecule has 0 spiro atoms. The molecule has 0 unspecified atom stereocenters. The van der Waals surface area contributed by atoms with Gasteiger partial charge in [0.05, 0.1) is 11.3 Å². The van der Waals surface area contributed by atoms with Crippen LogP contribution >= 0.6 is 0 Å². The summed E-state index contributed by atoms with van der Waals surface area (Å²) in [5.41, 5.74) is 3.88. The Morgan fingerprint density at radius 3 is 2.19 bits per heavy atom. The molecule has 1 atom stereocenters. The lowest BCUT2D eigenvalue weighted by Crippen LogP contribution is -2.42. The number of aromatic nitrogens is 2. The molecule has 2 aliphatic rings. The summed E-state index contributed by atoms with van der Waals surface area (Å²) in [6.07, 6.45) is 0. The minimum absolute atomic E-state index is 0.145. The van der Waals surface area contributed by atoms with Crippen LogP contribution in [0.25, 0.3) is 5.70 Å². The fourth-order valence-electron chi connectivity index (χ4n) is 4.75. The monoisotopic (exact) mass is 415 g/mol. The highest BCUT2D eigenvalue weighted by Crippen LogP contribution is 2.48. The first-order valence-corrected chi connectivity index (χ1v) is 9.97. The van der Waals surface area contributed by atoms with E-state index in [1.165, 1.54) is 11.6 Å². The molecule has 1 aliphatic heterocycles. The smallest absolute Gasteiger partial charge is 0.332 e. The van der Waals surface area contributed by atoms with E-state index in [1.807, 2.05) is 12.1 Å². The molecule has 7 heteroatoms. The number of Topliss-reactive ketones (excluding diaryl/α,β-unsaturated/α-hetero) is 1. The average Bonchev–Trinajstić information content (AvgIpc) is 3.05. The van der Waals surface area contributed by atoms with Crippen LogP contribution in [0.15, 0.2) is 51.6 Å². The van der Waals surface area contributed by atoms with Gasteiger partial charge in [-0.25, -0.2) is 4.79 Å². The van der Waals surface area contributed by atoms with E-state index in [4.69, 9.17) is 0 Å². The largest absolute Gasteiger partial charge is 0.507 e. The average molecular weight is 415 g/mol. The fourth-order valence-corrected chi connectivity index (χ4v) is 4.75. The molecule has 1 aliphatic carbocycles. The molecule has 31 heavy (non-hydrogen) atoms. The molecule has 2 heterocycles. The molecule has 5 rings (SSSR count). The summed E-state index contributed by atoms with van der Waals surface area (Å²) in [4.78, 5) is 39.4. The maximum Gasteiger partial charge on any atom is 0.332 e. The number of phenolic OH excluding ortho intramolecular Hbond substituents is 1. The summed E-state index contributed by atoms with van der Waals surface area (Å²) in [6, 6.07) is 10.9. The minimum atomic E-state index is -0.672. The van der Waals surface area contributed by atoms with Crippen LogP contribution in [0.1, 0.15) is 44.1 Å². The molecular weight excluding hydrogens is 394 g/mol. The highest BCUT2D eigenvalue weighted by molar-refractivity contribution is 6.23. The van der Waals surface area contributed by atoms with Gasteiger partial charge < -0.3 is 10.4 Å². The van der Waals surface area contributed by atoms with Gasteiger partial charge in [0.2, 0.25) is 0 Å². The Balaban J connectivity index is 1.91. The number of nitrogens with one attached hydrogen (secondary N) is 1. The SMILES string of the molecule is Cc1cc([C@@H]2C3=C(Nc4c2c(=O)n(C)c(=O)n4C)c2ccccc2C3=O)cc(C)c1O. The van der Waals surface area contributed by atoms with E-state index in [2.05, 4.69) is 5.32 Å². The van der Waals surface area contributed by atoms with Crippen molar-refractivity contribution < 1.29 is 9.90 Å². The summed E-state index contributed by atoms with van der Waals surface area (Å²) in [5.74, 6) is -0.256. The van der Waals surface area contributed by atoms with E-state index < -0.39 is 17.2 Å². The highest BCUT2D eigenvalue weighted by Gasteiger charge is 2.42. The van der Waals surface area contributed by atoms with Gasteiger partial charge in [-0.2, -0.15) is 0 Å². The van der Waals surface area contributed by atoms with Crippen molar-refractivity contribution in [3.8, 4) is 5.75 Å². The number of nitrogens with zero attached hydrogens (tertiary/aromatic N) is 2. The van der Waals surface area contributed by atoms with Crippen molar-refractivity contribution in [1.29, 1.82) is 0 Å². The molecule has 7 nitrogen and oxygen atoms in total. The summed E-state index contributed by atoms with van der Waals surface area (Å²) in [6.45, 7) is 3.57. The third kappa shape index (κ3) is 2.43. The second kappa shape index (κ2) is 6.31. The number of fused-ring (bicyclic) bond motifs is 3. The van der Waals surface area contributed by atoms with E-state index in [1.54, 1.807) is 45.2 Å². The van der Waals surface area contributed by atoms with Gasteiger partial charge in [0, 0.05) is 36.7 Å². The number of aromatic hydroxyl groups is 1. The van der Waals surface area contributed by atoms with Gasteiger partial charge in [-0.3, -0.25) is 18.7 Å². The number of rotatable bonds is 1. The quantitative estimate of drug-likeness (QED) is 0.637. The normalized spacial score (nSPS) is 16.6. The summed E-state index contributed by atoms with van der Waals surface area (Å²) in [5, 5.41) is 13.5. The minimum Gasteiger partial charge on any atom is -0.507 e. The van der Waals surface area contributed by atoms with Crippen LogP contribution in [0.3, 0.4) is 0 Å². The molecule has 0 radical (unpaired) electrons. The molecule has 1 aromatic heterocycles. The van der Waals surface area contributed by atoms with Crippen LogP contribution in [0, 0.1) is 13.8 Å². The van der Waals surface area contributed by atoms with Crippen molar-refractivity contribution in [1.82, 2.24) is 9.13 Å². The summed E-state index contributed by atoms with van der Waals surface area (Å²) >= 11 is 0. The van der Waals surface area contributed by atoms with Gasteiger partial charge in [-0.05, 0) is 30.5 Å². The summed E-state index contributed by atoms with van der Waals surface area (Å²) in [7, 11) is 3.04. The Bertz CT molecular complexity index is 1450. The lowest BCUT2D eigenvalue weighted by atomic mass is 9.80. The first-order valence-electron chi connectivity index (χ1n) is 9.97. The van der Waals surface area contributed by atoms with Gasteiger partial charge in [-0.1, -0.05) is 36.4 Å². The molecule has 156 valence electrons. The molecule has 3 aromatic rings. The van der Waals surface area contributed by atoms with Crippen LogP contribution < -0.4 is 16.6 Å². The topological polar surface area (TPSA) is 93.3 Å². The Morgan fingerprint density at radius 2 is 1.55 bits per heavy atom. The van der Waals surface area contributed by atoms with Crippen LogP contribution in [-0.4, -0.2) is 20.0 Å². The molecule has 2 N–H and O–H groups in total. The number of allylic oxidation sites excluding steroid dienone is 1. The number of ketones is 1. The van der Waals surface area contributed by atoms with Gasteiger partial charge >= 0.3 is 5.69 Å². The molecule has 0 fully saturated rings. The first-order chi connectivity index (χ1) is 14.7. The lowest BCUT2D eigenvalue weighted by molar-refractivity contribution is 0.103. The van der Waals surface area contributed by atoms with Crippen molar-refractivity contribution in [3.05, 3.63) is 96.2 Å². The third-order valence-electron chi connectivity index (χ3n) is 6.32. The van der Waals surface area contributed by atoms with E-state index in [0.29, 0.717) is 39.3 Å². The van der Waals surface area contributed by atoms with Gasteiger partial charge in [0.25, 0.3) is 5.56 Å². The maximum absolute atomic E-state index is 13.5. The van der Waals surface area contributed by atoms with Gasteiger partial charge in [0.1, 0.15) is 11.6 Å². The van der Waals surface area contributed by atoms with Crippen molar-refractivity contribution in [2.24, 2.45) is 14.1 Å². The van der Waals surface area contributed by atoms with Crippen molar-refractivity contribution >= 4 is 17.3 Å². The van der Waals surface area contributed by atoms with Crippen molar-refractivity contribution in [2.75, 3.05) is 5.32 Å². The van der Waals surface area contributed by atoms with Crippen LogP contribution in [0.2, 0.25) is 0 Å². The summed E-state index contributed by atoms with van der Waals surface area (Å²) < 4.78 is 2.46. The van der Waals surface area contributed by atoms with E-state index in [0.717, 1.165) is 15.7 Å². The van der Waals surface area contributed by atoms with Crippen molar-refractivity contribution in [3.63, 3.8) is 0 Å². The molecule has 0 saturated carbocycles. The van der Waals surface area contributed by atoms with Crippen LogP contribution in [0.5, 0.6) is 5.75 Å². The Kier molecular flexibility index (Phi) is 3.89. The Morgan fingerprint density at radius 1 is 0.935 bits per heavy atom. The fraction of sp³-hybridized carbons (Fsp3) is 0.208. The zero-order valence-electron chi connectivity index (χ0n) is 17.6. The Hall–Kier alpha value is -3.87. The number of aryl methyl sites for hydroxylation is 2. The Labute approximate surface area is 177 Å². The number of hydrogen-bond acceptors (Lipinski definition) is 5. The van der Waals surface area contributed by atoms with Gasteiger partial charge in [-0.15, -0.1) is 0 Å². The zero-order chi connectivity index (χ0) is 22.2. The van der Waals surface area contributed by atoms with E-state index in [9.17, 15) is 19.5 Å². The van der Waals surface area contributed by atoms with E-state index >= 15 is 0 Å². The van der Waals surface area contributed by atoms with Crippen LogP contribution in [0.4, 0.5) is 5.82 Å². The number of carbonyl (C=O) groups excluding carboxylic acids is 1. The molecule has 0 amide bonds. The molecule has 2 aromatic carbocycles. The number of benzene rings is 2. The number of hydrogen-bond donors (Lipinski definition) is 2. The van der Waals surface area contributed by atoms with Crippen molar-refractivity contribution in [2.45, 2.75) is 19.8 Å². The second-order valence-corrected chi connectivity index (χ2v) is 8.19. The lowest BCUT2D eigenvalue weighted by Gasteiger charge is -2.30. The predicted octanol–water partition coefficient (Wildman–Crippen LogP) is 2.57. The predicted molar refractivity (Wildman–Crippen MR) is 118 cm³/mol. The van der Waals surface area contributed by atoms with E-state index in [-0.39, 0.29) is 11.5 Å². The standard InChI is InChI=1S/C24H21N3O4/c1-11-9-13(10-12(2)20(11)28)16-17-19(14-7-5-6-8-15(14)21(17)29)25-22-18(16)23(30)27(4)24(31)26(22)3/h5-10,16,25,28H,1-4H3/t16-/m1/s1. The second-order valence-electron chi connectivity index (χ2n) is 8.19. The first kappa shape index (κ1) is 19.1. The third-order valence-corrected chi connectivity index (χ3v) is 6.32. The molecule has 0 bridgehead atoms. The number of carbonyl (C=O) groups is 1. The maximum atomic E-state index is 13.5. The number of anilines is 1. The highest BCUT2D eigenvalue weighted by atomic mass is 16.3. The number of phenols is 1. The van der Waals surface area contributed by atoms with Crippen LogP contribution in [-0.2, 0) is 14.1 Å². The molecular formula is C24H21N3O4. The van der Waals surface area contributed by atoms with Gasteiger partial charge in [0.15, 0.2) is 5.78 Å². The molecule has 0 saturated heterocycles.